The fraction of sp³-hybridized carbons (Fsp3) is 0.800. The summed E-state index contributed by atoms with van der Waals surface area (Å²) in [6.45, 7) is 0.487. The van der Waals surface area contributed by atoms with E-state index in [0.717, 1.165) is 30.4 Å². The molecule has 0 amide bonds. The van der Waals surface area contributed by atoms with Crippen LogP contribution < -0.4 is 0 Å². The third-order valence-corrected chi connectivity index (χ3v) is 4.75. The standard InChI is InChI=1S/C15H23N3O2/c19-15(20)12-7-9-14-16-13(17-18(14)10-12)8-6-11-4-2-1-3-5-11/h11-12H,1-10H2,(H,19,20). The molecule has 1 aromatic rings. The van der Waals surface area contributed by atoms with E-state index < -0.39 is 5.97 Å². The van der Waals surface area contributed by atoms with E-state index >= 15 is 0 Å². The summed E-state index contributed by atoms with van der Waals surface area (Å²) in [4.78, 5) is 15.6. The molecule has 1 N–H and O–H groups in total. The van der Waals surface area contributed by atoms with Crippen LogP contribution in [-0.4, -0.2) is 25.8 Å². The zero-order valence-corrected chi connectivity index (χ0v) is 11.9. The predicted molar refractivity (Wildman–Crippen MR) is 74.4 cm³/mol. The third kappa shape index (κ3) is 3.02. The summed E-state index contributed by atoms with van der Waals surface area (Å²) in [6, 6.07) is 0. The van der Waals surface area contributed by atoms with Crippen molar-refractivity contribution < 1.29 is 9.90 Å². The van der Waals surface area contributed by atoms with Crippen LogP contribution in [0, 0.1) is 11.8 Å². The van der Waals surface area contributed by atoms with Gasteiger partial charge in [-0.3, -0.25) is 4.79 Å². The fourth-order valence-corrected chi connectivity index (χ4v) is 3.48. The fourth-order valence-electron chi connectivity index (χ4n) is 3.48. The van der Waals surface area contributed by atoms with Gasteiger partial charge in [0.25, 0.3) is 0 Å². The molecule has 0 aromatic carbocycles. The Balaban J connectivity index is 1.57. The second kappa shape index (κ2) is 5.94. The van der Waals surface area contributed by atoms with Gasteiger partial charge in [-0.2, -0.15) is 5.10 Å². The van der Waals surface area contributed by atoms with E-state index in [1.807, 2.05) is 4.68 Å². The van der Waals surface area contributed by atoms with E-state index in [9.17, 15) is 4.79 Å². The lowest BCUT2D eigenvalue weighted by molar-refractivity contribution is -0.142. The minimum Gasteiger partial charge on any atom is -0.481 e. The van der Waals surface area contributed by atoms with Crippen molar-refractivity contribution in [3.05, 3.63) is 11.6 Å². The number of carboxylic acids is 1. The van der Waals surface area contributed by atoms with E-state index in [2.05, 4.69) is 10.1 Å². The summed E-state index contributed by atoms with van der Waals surface area (Å²) < 4.78 is 1.82. The summed E-state index contributed by atoms with van der Waals surface area (Å²) in [5.41, 5.74) is 0. The largest absolute Gasteiger partial charge is 0.481 e. The Hall–Kier alpha value is -1.39. The van der Waals surface area contributed by atoms with Gasteiger partial charge in [-0.25, -0.2) is 9.67 Å². The Labute approximate surface area is 119 Å². The number of rotatable bonds is 4. The Morgan fingerprint density at radius 2 is 2.05 bits per heavy atom. The van der Waals surface area contributed by atoms with Crippen LogP contribution in [0.25, 0.3) is 0 Å². The van der Waals surface area contributed by atoms with E-state index in [1.54, 1.807) is 0 Å². The lowest BCUT2D eigenvalue weighted by Gasteiger charge is -2.20. The molecule has 110 valence electrons. The van der Waals surface area contributed by atoms with Gasteiger partial charge in [-0.05, 0) is 18.8 Å². The van der Waals surface area contributed by atoms with E-state index in [1.165, 1.54) is 38.5 Å². The number of carboxylic acid groups (broad SMARTS) is 1. The van der Waals surface area contributed by atoms with Crippen molar-refractivity contribution in [2.24, 2.45) is 11.8 Å². The van der Waals surface area contributed by atoms with Gasteiger partial charge in [0, 0.05) is 12.8 Å². The molecule has 1 aromatic heterocycles. The smallest absolute Gasteiger partial charge is 0.308 e. The molecular weight excluding hydrogens is 254 g/mol. The maximum Gasteiger partial charge on any atom is 0.308 e. The van der Waals surface area contributed by atoms with Gasteiger partial charge in [-0.1, -0.05) is 32.1 Å². The minimum atomic E-state index is -0.713. The number of fused-ring (bicyclic) bond motifs is 1. The van der Waals surface area contributed by atoms with Gasteiger partial charge >= 0.3 is 5.97 Å². The van der Waals surface area contributed by atoms with E-state index in [0.29, 0.717) is 13.0 Å². The lowest BCUT2D eigenvalue weighted by atomic mass is 9.86. The molecule has 1 atom stereocenters. The number of aromatic nitrogens is 3. The molecule has 3 rings (SSSR count). The summed E-state index contributed by atoms with van der Waals surface area (Å²) in [6.07, 6.45) is 10.4. The highest BCUT2D eigenvalue weighted by Gasteiger charge is 2.26. The van der Waals surface area contributed by atoms with Gasteiger partial charge in [0.15, 0.2) is 5.82 Å². The molecule has 5 heteroatoms. The highest BCUT2D eigenvalue weighted by atomic mass is 16.4. The zero-order valence-electron chi connectivity index (χ0n) is 11.9. The molecule has 0 radical (unpaired) electrons. The highest BCUT2D eigenvalue weighted by molar-refractivity contribution is 5.70. The second-order valence-electron chi connectivity index (χ2n) is 6.24. The average Bonchev–Trinajstić information content (AvgIpc) is 2.88. The topological polar surface area (TPSA) is 68.0 Å². The first-order valence-electron chi connectivity index (χ1n) is 7.88. The van der Waals surface area contributed by atoms with Crippen LogP contribution in [0.3, 0.4) is 0 Å². The maximum absolute atomic E-state index is 11.0. The number of nitrogens with zero attached hydrogens (tertiary/aromatic N) is 3. The van der Waals surface area contributed by atoms with Crippen molar-refractivity contribution in [1.82, 2.24) is 14.8 Å². The van der Waals surface area contributed by atoms with Crippen molar-refractivity contribution in [2.45, 2.75) is 64.3 Å². The first-order chi connectivity index (χ1) is 9.72. The molecule has 1 fully saturated rings. The number of aryl methyl sites for hydroxylation is 2. The van der Waals surface area contributed by atoms with Gasteiger partial charge in [-0.15, -0.1) is 0 Å². The van der Waals surface area contributed by atoms with Crippen LogP contribution >= 0.6 is 0 Å². The Morgan fingerprint density at radius 1 is 1.25 bits per heavy atom. The van der Waals surface area contributed by atoms with Crippen LogP contribution in [0.5, 0.6) is 0 Å². The quantitative estimate of drug-likeness (QED) is 0.917. The molecule has 1 aliphatic heterocycles. The van der Waals surface area contributed by atoms with Crippen molar-refractivity contribution in [3.63, 3.8) is 0 Å². The van der Waals surface area contributed by atoms with Crippen LogP contribution in [-0.2, 0) is 24.2 Å². The molecule has 1 saturated carbocycles. The summed E-state index contributed by atoms with van der Waals surface area (Å²) >= 11 is 0. The Bertz CT molecular complexity index is 477. The molecule has 2 aliphatic rings. The van der Waals surface area contributed by atoms with Crippen LogP contribution in [0.15, 0.2) is 0 Å². The first kappa shape index (κ1) is 13.6. The van der Waals surface area contributed by atoms with Crippen molar-refractivity contribution in [2.75, 3.05) is 0 Å². The zero-order chi connectivity index (χ0) is 13.9. The molecule has 1 aliphatic carbocycles. The minimum absolute atomic E-state index is 0.296. The monoisotopic (exact) mass is 277 g/mol. The van der Waals surface area contributed by atoms with Gasteiger partial charge in [0.1, 0.15) is 5.82 Å². The normalized spacial score (nSPS) is 23.5. The average molecular weight is 277 g/mol. The molecule has 20 heavy (non-hydrogen) atoms. The summed E-state index contributed by atoms with van der Waals surface area (Å²) in [7, 11) is 0. The number of aliphatic carboxylic acids is 1. The number of carbonyl (C=O) groups is 1. The van der Waals surface area contributed by atoms with Crippen LogP contribution in [0.1, 0.15) is 56.6 Å². The number of hydrogen-bond donors (Lipinski definition) is 1. The van der Waals surface area contributed by atoms with Crippen LogP contribution in [0.2, 0.25) is 0 Å². The first-order valence-corrected chi connectivity index (χ1v) is 7.88. The van der Waals surface area contributed by atoms with Crippen molar-refractivity contribution >= 4 is 5.97 Å². The summed E-state index contributed by atoms with van der Waals surface area (Å²) in [5, 5.41) is 13.6. The Kier molecular flexibility index (Phi) is 4.03. The molecule has 5 nitrogen and oxygen atoms in total. The highest BCUT2D eigenvalue weighted by Crippen LogP contribution is 2.27. The lowest BCUT2D eigenvalue weighted by Crippen LogP contribution is -2.27. The molecule has 0 saturated heterocycles. The molecule has 0 spiro atoms. The van der Waals surface area contributed by atoms with E-state index in [-0.39, 0.29) is 5.92 Å². The van der Waals surface area contributed by atoms with Crippen LogP contribution in [0.4, 0.5) is 0 Å². The van der Waals surface area contributed by atoms with Gasteiger partial charge in [0.05, 0.1) is 12.5 Å². The third-order valence-electron chi connectivity index (χ3n) is 4.75. The molecule has 2 heterocycles. The molecular formula is C15H23N3O2. The van der Waals surface area contributed by atoms with Gasteiger partial charge < -0.3 is 5.11 Å². The van der Waals surface area contributed by atoms with E-state index in [4.69, 9.17) is 5.11 Å². The van der Waals surface area contributed by atoms with Gasteiger partial charge in [0.2, 0.25) is 0 Å². The maximum atomic E-state index is 11.0. The predicted octanol–water partition coefficient (Wildman–Crippen LogP) is 2.44. The molecule has 0 bridgehead atoms. The van der Waals surface area contributed by atoms with Crippen molar-refractivity contribution in [1.29, 1.82) is 0 Å². The molecule has 1 unspecified atom stereocenters. The second-order valence-corrected chi connectivity index (χ2v) is 6.24. The van der Waals surface area contributed by atoms with Crippen molar-refractivity contribution in [3.8, 4) is 0 Å². The number of hydrogen-bond acceptors (Lipinski definition) is 3. The summed E-state index contributed by atoms with van der Waals surface area (Å²) in [5.74, 6) is 1.72. The Morgan fingerprint density at radius 3 is 2.80 bits per heavy atom. The SMILES string of the molecule is O=C(O)C1CCc2nc(CCC3CCCCC3)nn2C1.